The molecule has 3 aromatic heterocycles. The van der Waals surface area contributed by atoms with Crippen LogP contribution >= 0.6 is 0 Å². The number of pyridine rings is 1. The number of likely N-dealkylation sites (tertiary alicyclic amines) is 1. The van der Waals surface area contributed by atoms with Gasteiger partial charge in [-0.25, -0.2) is 4.39 Å². The van der Waals surface area contributed by atoms with Crippen molar-refractivity contribution in [2.75, 3.05) is 11.9 Å². The molecule has 0 bridgehead atoms. The molecule has 1 saturated heterocycles. The molecule has 3 amide bonds. The first-order valence-corrected chi connectivity index (χ1v) is 13.1. The zero-order valence-electron chi connectivity index (χ0n) is 22.4. The lowest BCUT2D eigenvalue weighted by molar-refractivity contribution is -0.137. The Kier molecular flexibility index (Phi) is 6.69. The van der Waals surface area contributed by atoms with Crippen LogP contribution in [0.1, 0.15) is 22.5 Å². The average Bonchev–Trinajstić information content (AvgIpc) is 3.56. The van der Waals surface area contributed by atoms with E-state index in [9.17, 15) is 23.6 Å². The topological polar surface area (TPSA) is 169 Å². The van der Waals surface area contributed by atoms with E-state index in [1.54, 1.807) is 61.7 Å². The number of nitrogens with zero attached hydrogens (tertiary/aromatic N) is 5. The number of alkyl halides is 1. The summed E-state index contributed by atoms with van der Waals surface area (Å²) < 4.78 is 16.0. The van der Waals surface area contributed by atoms with E-state index in [4.69, 9.17) is 5.73 Å². The number of carbonyl (C=O) groups excluding carboxylic acids is 3. The molecule has 2 aromatic carbocycles. The van der Waals surface area contributed by atoms with E-state index >= 15 is 0 Å². The Hall–Kier alpha value is -5.46. The second-order valence-electron chi connectivity index (χ2n) is 10.1. The lowest BCUT2D eigenvalue weighted by atomic mass is 10.0. The van der Waals surface area contributed by atoms with Crippen LogP contribution in [0.2, 0.25) is 0 Å². The van der Waals surface area contributed by atoms with E-state index in [2.05, 4.69) is 25.6 Å². The summed E-state index contributed by atoms with van der Waals surface area (Å²) in [6, 6.07) is 12.8. The number of rotatable bonds is 6. The summed E-state index contributed by atoms with van der Waals surface area (Å²) in [5.74, 6) is -1.95. The maximum atomic E-state index is 14.7. The molecule has 1 aliphatic rings. The van der Waals surface area contributed by atoms with Gasteiger partial charge in [-0.3, -0.25) is 23.9 Å². The molecule has 13 heteroatoms. The predicted molar refractivity (Wildman–Crippen MR) is 152 cm³/mol. The number of hydrogen-bond acceptors (Lipinski definition) is 7. The van der Waals surface area contributed by atoms with E-state index in [0.29, 0.717) is 33.1 Å². The quantitative estimate of drug-likeness (QED) is 0.282. The predicted octanol–water partition coefficient (Wildman–Crippen LogP) is 2.32. The fraction of sp³-hybridized carbons (Fsp3) is 0.207. The summed E-state index contributed by atoms with van der Waals surface area (Å²) >= 11 is 0. The van der Waals surface area contributed by atoms with Crippen molar-refractivity contribution in [3.05, 3.63) is 82.5 Å². The molecular weight excluding hydrogens is 543 g/mol. The maximum absolute atomic E-state index is 14.7. The molecule has 2 atom stereocenters. The molecule has 6 rings (SSSR count). The van der Waals surface area contributed by atoms with Crippen LogP contribution in [-0.4, -0.2) is 66.3 Å². The smallest absolute Gasteiger partial charge is 0.269 e. The van der Waals surface area contributed by atoms with Gasteiger partial charge in [-0.1, -0.05) is 24.3 Å². The van der Waals surface area contributed by atoms with Crippen LogP contribution in [0.5, 0.6) is 0 Å². The summed E-state index contributed by atoms with van der Waals surface area (Å²) in [5.41, 5.74) is 8.28. The van der Waals surface area contributed by atoms with Crippen molar-refractivity contribution in [3.8, 4) is 11.1 Å². The molecule has 0 radical (unpaired) electrons. The summed E-state index contributed by atoms with van der Waals surface area (Å²) in [6.45, 7) is 0.933. The molecular formula is C29H25FN8O4. The van der Waals surface area contributed by atoms with Crippen LogP contribution in [0.15, 0.2) is 65.7 Å². The number of carbonyl (C=O) groups is 3. The minimum atomic E-state index is -1.42. The van der Waals surface area contributed by atoms with Gasteiger partial charge in [0.05, 0.1) is 35.7 Å². The normalized spacial score (nSPS) is 16.7. The van der Waals surface area contributed by atoms with Crippen LogP contribution in [0.25, 0.3) is 32.9 Å². The van der Waals surface area contributed by atoms with Gasteiger partial charge in [0.25, 0.3) is 11.5 Å². The zero-order valence-corrected chi connectivity index (χ0v) is 22.4. The molecule has 0 aliphatic carbocycles. The van der Waals surface area contributed by atoms with Crippen LogP contribution in [0.3, 0.4) is 0 Å². The number of benzene rings is 2. The van der Waals surface area contributed by atoms with Crippen molar-refractivity contribution >= 4 is 45.2 Å². The Morgan fingerprint density at radius 2 is 1.90 bits per heavy atom. The third-order valence-electron chi connectivity index (χ3n) is 7.47. The van der Waals surface area contributed by atoms with Crippen molar-refractivity contribution in [1.29, 1.82) is 0 Å². The summed E-state index contributed by atoms with van der Waals surface area (Å²) in [5, 5.41) is 15.7. The van der Waals surface area contributed by atoms with Crippen LogP contribution in [0.4, 0.5) is 10.1 Å². The first-order valence-electron chi connectivity index (χ1n) is 13.1. The zero-order chi connectivity index (χ0) is 29.5. The highest BCUT2D eigenvalue weighted by Crippen LogP contribution is 2.29. The number of amides is 3. The van der Waals surface area contributed by atoms with Gasteiger partial charge < -0.3 is 20.9 Å². The molecule has 5 aromatic rings. The number of anilines is 1. The highest BCUT2D eigenvalue weighted by atomic mass is 19.1. The van der Waals surface area contributed by atoms with Crippen molar-refractivity contribution in [2.24, 2.45) is 5.73 Å². The second-order valence-corrected chi connectivity index (χ2v) is 10.1. The Labute approximate surface area is 237 Å². The van der Waals surface area contributed by atoms with Gasteiger partial charge in [0.2, 0.25) is 11.8 Å². The second kappa shape index (κ2) is 10.5. The number of hydrogen-bond donors (Lipinski definition) is 3. The SMILES string of the molecule is Cc1c(NC(=O)C2CC(F)CN2C(=O)Cn2nc(C(N)=O)c3cc(-c4ccnnc4)ccc32)c2ccccc2[nH]c1=O. The molecule has 12 nitrogen and oxygen atoms in total. The molecule has 1 aliphatic heterocycles. The van der Waals surface area contributed by atoms with Gasteiger partial charge in [0, 0.05) is 28.3 Å². The van der Waals surface area contributed by atoms with Gasteiger partial charge >= 0.3 is 0 Å². The summed E-state index contributed by atoms with van der Waals surface area (Å²) in [6.07, 6.45) is 1.49. The molecule has 4 N–H and O–H groups in total. The molecule has 212 valence electrons. The van der Waals surface area contributed by atoms with Gasteiger partial charge in [0.1, 0.15) is 18.8 Å². The lowest BCUT2D eigenvalue weighted by Gasteiger charge is -2.24. The van der Waals surface area contributed by atoms with E-state index in [-0.39, 0.29) is 30.8 Å². The number of aromatic nitrogens is 5. The number of halogens is 1. The highest BCUT2D eigenvalue weighted by Gasteiger charge is 2.40. The number of H-pyrrole nitrogens is 1. The van der Waals surface area contributed by atoms with Crippen molar-refractivity contribution < 1.29 is 18.8 Å². The average molecular weight is 569 g/mol. The van der Waals surface area contributed by atoms with E-state index < -0.39 is 29.9 Å². The van der Waals surface area contributed by atoms with Crippen LogP contribution in [0, 0.1) is 6.92 Å². The number of primary amides is 1. The van der Waals surface area contributed by atoms with Gasteiger partial charge in [-0.15, -0.1) is 0 Å². The van der Waals surface area contributed by atoms with Gasteiger partial charge in [-0.05, 0) is 36.8 Å². The minimum Gasteiger partial charge on any atom is -0.364 e. The lowest BCUT2D eigenvalue weighted by Crippen LogP contribution is -2.44. The summed E-state index contributed by atoms with van der Waals surface area (Å²) in [7, 11) is 0. The van der Waals surface area contributed by atoms with E-state index in [1.807, 2.05) is 0 Å². The van der Waals surface area contributed by atoms with Crippen LogP contribution in [-0.2, 0) is 16.1 Å². The maximum Gasteiger partial charge on any atom is 0.269 e. The third-order valence-corrected chi connectivity index (χ3v) is 7.47. The first-order chi connectivity index (χ1) is 20.2. The molecule has 2 unspecified atom stereocenters. The third kappa shape index (κ3) is 4.74. The standard InChI is InChI=1S/C29H25FN8O4/c1-15-25(19-4-2-3-5-21(19)34-28(15)41)35-29(42)23-11-18(30)13-37(23)24(39)14-38-22-7-6-16(17-8-9-32-33-12-17)10-20(22)26(36-38)27(31)40/h2-10,12,18,23H,11,13-14H2,1H3,(H2,31,40)(H2,34,35,41,42). The molecule has 0 spiro atoms. The Morgan fingerprint density at radius 1 is 1.10 bits per heavy atom. The first kappa shape index (κ1) is 26.7. The van der Waals surface area contributed by atoms with Gasteiger partial charge in [-0.2, -0.15) is 15.3 Å². The number of para-hydroxylation sites is 1. The molecule has 1 fully saturated rings. The number of nitrogens with one attached hydrogen (secondary N) is 2. The Bertz CT molecular complexity index is 1940. The monoisotopic (exact) mass is 568 g/mol. The van der Waals surface area contributed by atoms with Gasteiger partial charge in [0.15, 0.2) is 5.69 Å². The number of aromatic amines is 1. The summed E-state index contributed by atoms with van der Waals surface area (Å²) in [4.78, 5) is 55.6. The molecule has 0 saturated carbocycles. The Morgan fingerprint density at radius 3 is 2.67 bits per heavy atom. The molecule has 4 heterocycles. The van der Waals surface area contributed by atoms with Crippen molar-refractivity contribution in [1.82, 2.24) is 29.9 Å². The fourth-order valence-corrected chi connectivity index (χ4v) is 5.36. The Balaban J connectivity index is 1.29. The number of fused-ring (bicyclic) bond motifs is 2. The largest absolute Gasteiger partial charge is 0.364 e. The molecule has 42 heavy (non-hydrogen) atoms. The van der Waals surface area contributed by atoms with Crippen LogP contribution < -0.4 is 16.6 Å². The van der Waals surface area contributed by atoms with E-state index in [1.165, 1.54) is 15.8 Å². The van der Waals surface area contributed by atoms with Crippen molar-refractivity contribution in [2.45, 2.75) is 32.1 Å². The number of nitrogens with two attached hydrogens (primary N) is 1. The minimum absolute atomic E-state index is 0.0302. The van der Waals surface area contributed by atoms with E-state index in [0.717, 1.165) is 11.1 Å². The highest BCUT2D eigenvalue weighted by molar-refractivity contribution is 6.06. The fourth-order valence-electron chi connectivity index (χ4n) is 5.36. The van der Waals surface area contributed by atoms with Crippen molar-refractivity contribution in [3.63, 3.8) is 0 Å².